The molecule has 0 spiro atoms. The van der Waals surface area contributed by atoms with Crippen LogP contribution in [0.15, 0.2) is 48.8 Å². The largest absolute Gasteiger partial charge is 0.493 e. The van der Waals surface area contributed by atoms with Crippen LogP contribution in [-0.2, 0) is 0 Å². The van der Waals surface area contributed by atoms with Gasteiger partial charge in [0.25, 0.3) is 0 Å². The molecule has 1 aliphatic rings. The minimum Gasteiger partial charge on any atom is -0.493 e. The monoisotopic (exact) mass is 450 g/mol. The Balaban J connectivity index is 0.00000160. The van der Waals surface area contributed by atoms with Crippen LogP contribution >= 0.6 is 24.8 Å². The molecule has 0 amide bonds. The van der Waals surface area contributed by atoms with Crippen molar-refractivity contribution in [2.75, 3.05) is 25.5 Å². The molecular formula is C22H28Cl2N4O2. The summed E-state index contributed by atoms with van der Waals surface area (Å²) < 4.78 is 11.8. The first-order chi connectivity index (χ1) is 13.7. The average molecular weight is 451 g/mol. The van der Waals surface area contributed by atoms with Gasteiger partial charge in [-0.2, -0.15) is 0 Å². The van der Waals surface area contributed by atoms with Gasteiger partial charge in [-0.3, -0.25) is 0 Å². The summed E-state index contributed by atoms with van der Waals surface area (Å²) in [6, 6.07) is 14.4. The Bertz CT molecular complexity index is 937. The number of hydrogen-bond donors (Lipinski definition) is 2. The minimum atomic E-state index is 0. The Morgan fingerprint density at radius 1 is 1.03 bits per heavy atom. The van der Waals surface area contributed by atoms with E-state index in [-0.39, 0.29) is 37.0 Å². The smallest absolute Gasteiger partial charge is 0.162 e. The van der Waals surface area contributed by atoms with E-state index in [1.54, 1.807) is 13.4 Å². The van der Waals surface area contributed by atoms with E-state index in [0.29, 0.717) is 5.75 Å². The van der Waals surface area contributed by atoms with Crippen molar-refractivity contribution in [2.45, 2.75) is 31.9 Å². The number of rotatable bonds is 6. The lowest BCUT2D eigenvalue weighted by atomic mass is 10.1. The highest BCUT2D eigenvalue weighted by atomic mass is 35.5. The van der Waals surface area contributed by atoms with Crippen molar-refractivity contribution in [3.8, 4) is 11.5 Å². The molecule has 8 heteroatoms. The van der Waals surface area contributed by atoms with Crippen LogP contribution in [0.4, 0.5) is 5.82 Å². The number of benzene rings is 2. The molecule has 162 valence electrons. The van der Waals surface area contributed by atoms with Gasteiger partial charge in [0.15, 0.2) is 11.5 Å². The highest BCUT2D eigenvalue weighted by molar-refractivity contribution is 5.91. The molecule has 2 heterocycles. The topological polar surface area (TPSA) is 68.3 Å². The second kappa shape index (κ2) is 11.2. The standard InChI is InChI=1S/C22H26N4O2.2ClH/c1-15(16-6-4-3-5-7-16)26-22-18-12-21(28-17-8-10-23-11-9-17)20(27-2)13-19(18)24-14-25-22;;/h3-7,12-15,17,23H,8-11H2,1-2H3,(H,24,25,26);2*1H. The fourth-order valence-corrected chi connectivity index (χ4v) is 3.55. The van der Waals surface area contributed by atoms with Crippen LogP contribution in [0, 0.1) is 0 Å². The van der Waals surface area contributed by atoms with Crippen LogP contribution in [0.2, 0.25) is 0 Å². The molecule has 1 saturated heterocycles. The molecule has 3 aromatic rings. The van der Waals surface area contributed by atoms with Crippen LogP contribution in [0.3, 0.4) is 0 Å². The van der Waals surface area contributed by atoms with E-state index in [4.69, 9.17) is 9.47 Å². The Hall–Kier alpha value is -2.28. The number of methoxy groups -OCH3 is 1. The van der Waals surface area contributed by atoms with Crippen molar-refractivity contribution in [2.24, 2.45) is 0 Å². The average Bonchev–Trinajstić information content (AvgIpc) is 2.75. The van der Waals surface area contributed by atoms with Gasteiger partial charge in [-0.25, -0.2) is 9.97 Å². The second-order valence-corrected chi connectivity index (χ2v) is 7.09. The lowest BCUT2D eigenvalue weighted by molar-refractivity contribution is 0.157. The molecule has 0 bridgehead atoms. The maximum Gasteiger partial charge on any atom is 0.162 e. The molecule has 1 aliphatic heterocycles. The molecule has 1 aromatic heterocycles. The number of halogens is 2. The molecule has 2 N–H and O–H groups in total. The van der Waals surface area contributed by atoms with Crippen molar-refractivity contribution < 1.29 is 9.47 Å². The summed E-state index contributed by atoms with van der Waals surface area (Å²) in [6.07, 6.45) is 3.75. The summed E-state index contributed by atoms with van der Waals surface area (Å²) in [6.45, 7) is 4.08. The molecule has 0 radical (unpaired) electrons. The number of nitrogens with one attached hydrogen (secondary N) is 2. The van der Waals surface area contributed by atoms with Gasteiger partial charge >= 0.3 is 0 Å². The molecular weight excluding hydrogens is 423 g/mol. The van der Waals surface area contributed by atoms with Crippen LogP contribution < -0.4 is 20.1 Å². The minimum absolute atomic E-state index is 0. The third kappa shape index (κ3) is 5.45. The van der Waals surface area contributed by atoms with Crippen LogP contribution in [0.5, 0.6) is 11.5 Å². The molecule has 0 aliphatic carbocycles. The van der Waals surface area contributed by atoms with E-state index in [1.165, 1.54) is 5.56 Å². The van der Waals surface area contributed by atoms with Gasteiger partial charge in [0, 0.05) is 17.5 Å². The number of aromatic nitrogens is 2. The summed E-state index contributed by atoms with van der Waals surface area (Å²) >= 11 is 0. The van der Waals surface area contributed by atoms with Crippen LogP contribution in [0.1, 0.15) is 31.4 Å². The van der Waals surface area contributed by atoms with Gasteiger partial charge in [0.1, 0.15) is 18.2 Å². The summed E-state index contributed by atoms with van der Waals surface area (Å²) in [4.78, 5) is 8.91. The first kappa shape index (κ1) is 24.0. The Labute approximate surface area is 189 Å². The molecule has 1 atom stereocenters. The van der Waals surface area contributed by atoms with Crippen LogP contribution in [0.25, 0.3) is 10.9 Å². The van der Waals surface area contributed by atoms with Gasteiger partial charge in [0.05, 0.1) is 12.6 Å². The highest BCUT2D eigenvalue weighted by Gasteiger charge is 2.19. The zero-order valence-electron chi connectivity index (χ0n) is 17.1. The van der Waals surface area contributed by atoms with E-state index in [9.17, 15) is 0 Å². The molecule has 1 fully saturated rings. The number of ether oxygens (including phenoxy) is 2. The van der Waals surface area contributed by atoms with E-state index < -0.39 is 0 Å². The number of piperidine rings is 1. The van der Waals surface area contributed by atoms with Gasteiger partial charge in [-0.1, -0.05) is 30.3 Å². The highest BCUT2D eigenvalue weighted by Crippen LogP contribution is 2.36. The van der Waals surface area contributed by atoms with E-state index in [1.807, 2.05) is 30.3 Å². The Morgan fingerprint density at radius 3 is 2.47 bits per heavy atom. The molecule has 0 saturated carbocycles. The summed E-state index contributed by atoms with van der Waals surface area (Å²) in [7, 11) is 1.66. The fraction of sp³-hybridized carbons (Fsp3) is 0.364. The lowest BCUT2D eigenvalue weighted by Gasteiger charge is -2.25. The third-order valence-corrected chi connectivity index (χ3v) is 5.15. The molecule has 1 unspecified atom stereocenters. The van der Waals surface area contributed by atoms with Crippen molar-refractivity contribution in [3.63, 3.8) is 0 Å². The molecule has 4 rings (SSSR count). The zero-order valence-corrected chi connectivity index (χ0v) is 18.8. The summed E-state index contributed by atoms with van der Waals surface area (Å²) in [5.41, 5.74) is 2.03. The van der Waals surface area contributed by atoms with Crippen LogP contribution in [-0.4, -0.2) is 36.3 Å². The summed E-state index contributed by atoms with van der Waals surface area (Å²) in [5.74, 6) is 2.23. The Kier molecular flexibility index (Phi) is 8.96. The first-order valence-corrected chi connectivity index (χ1v) is 9.76. The maximum absolute atomic E-state index is 6.28. The van der Waals surface area contributed by atoms with Gasteiger partial charge < -0.3 is 20.1 Å². The molecule has 2 aromatic carbocycles. The van der Waals surface area contributed by atoms with E-state index >= 15 is 0 Å². The lowest BCUT2D eigenvalue weighted by Crippen LogP contribution is -2.34. The predicted octanol–water partition coefficient (Wildman–Crippen LogP) is 4.79. The fourth-order valence-electron chi connectivity index (χ4n) is 3.55. The maximum atomic E-state index is 6.28. The van der Waals surface area contributed by atoms with Crippen molar-refractivity contribution in [1.82, 2.24) is 15.3 Å². The Morgan fingerprint density at radius 2 is 1.77 bits per heavy atom. The number of hydrogen-bond acceptors (Lipinski definition) is 6. The number of fused-ring (bicyclic) bond motifs is 1. The molecule has 6 nitrogen and oxygen atoms in total. The summed E-state index contributed by atoms with van der Waals surface area (Å²) in [5, 5.41) is 7.80. The second-order valence-electron chi connectivity index (χ2n) is 7.09. The van der Waals surface area contributed by atoms with Crippen molar-refractivity contribution in [1.29, 1.82) is 0 Å². The van der Waals surface area contributed by atoms with Gasteiger partial charge in [-0.05, 0) is 44.5 Å². The van der Waals surface area contributed by atoms with Gasteiger partial charge in [0.2, 0.25) is 0 Å². The zero-order chi connectivity index (χ0) is 19.3. The number of anilines is 1. The van der Waals surface area contributed by atoms with E-state index in [0.717, 1.165) is 48.4 Å². The SMILES string of the molecule is COc1cc2ncnc(NC(C)c3ccccc3)c2cc1OC1CCNCC1.Cl.Cl. The quantitative estimate of drug-likeness (QED) is 0.562. The predicted molar refractivity (Wildman–Crippen MR) is 126 cm³/mol. The third-order valence-electron chi connectivity index (χ3n) is 5.15. The van der Waals surface area contributed by atoms with Crippen molar-refractivity contribution >= 4 is 41.5 Å². The first-order valence-electron chi connectivity index (χ1n) is 9.76. The number of nitrogens with zero attached hydrogens (tertiary/aromatic N) is 2. The van der Waals surface area contributed by atoms with Crippen molar-refractivity contribution in [3.05, 3.63) is 54.4 Å². The van der Waals surface area contributed by atoms with E-state index in [2.05, 4.69) is 39.7 Å². The molecule has 30 heavy (non-hydrogen) atoms. The normalized spacial score (nSPS) is 14.9. The van der Waals surface area contributed by atoms with Gasteiger partial charge in [-0.15, -0.1) is 24.8 Å².